The van der Waals surface area contributed by atoms with Crippen LogP contribution in [-0.2, 0) is 45.0 Å². The number of aliphatic carboxylic acids is 1. The summed E-state index contributed by atoms with van der Waals surface area (Å²) in [6.07, 6.45) is 13.2. The number of anilines is 2. The van der Waals surface area contributed by atoms with Crippen LogP contribution in [-0.4, -0.2) is 182 Å². The highest BCUT2D eigenvalue weighted by Crippen LogP contribution is 2.27. The molecule has 0 saturated carbocycles. The lowest BCUT2D eigenvalue weighted by Gasteiger charge is -2.46. The molecule has 2 aromatic carbocycles. The van der Waals surface area contributed by atoms with Crippen LogP contribution in [0.5, 0.6) is 0 Å². The van der Waals surface area contributed by atoms with Crippen molar-refractivity contribution in [2.45, 2.75) is 128 Å². The molecule has 418 valence electrons. The predicted molar refractivity (Wildman–Crippen MR) is 310 cm³/mol. The monoisotopic (exact) mass is 1150 g/mol. The molecule has 4 aliphatic heterocycles. The van der Waals surface area contributed by atoms with Crippen LogP contribution in [0.4, 0.5) is 11.9 Å². The van der Waals surface area contributed by atoms with E-state index in [9.17, 15) is 4.79 Å². The molecule has 5 N–H and O–H groups in total. The van der Waals surface area contributed by atoms with Crippen molar-refractivity contribution < 1.29 is 24.2 Å². The van der Waals surface area contributed by atoms with Gasteiger partial charge < -0.3 is 35.4 Å². The molecule has 4 saturated heterocycles. The third-order valence-electron chi connectivity index (χ3n) is 13.4. The number of halogens is 2. The van der Waals surface area contributed by atoms with Crippen LogP contribution in [0.25, 0.3) is 0 Å². The topological polar surface area (TPSA) is 260 Å². The van der Waals surface area contributed by atoms with E-state index in [1.165, 1.54) is 22.9 Å². The van der Waals surface area contributed by atoms with Gasteiger partial charge in [-0.05, 0) is 67.3 Å². The number of carboxylic acid groups (broad SMARTS) is 1. The van der Waals surface area contributed by atoms with Crippen LogP contribution in [0, 0.1) is 11.5 Å². The summed E-state index contributed by atoms with van der Waals surface area (Å²) in [6, 6.07) is 17.3. The van der Waals surface area contributed by atoms with Crippen molar-refractivity contribution in [2.75, 3.05) is 69.4 Å². The maximum atomic E-state index is 10.9. The number of benzene rings is 2. The van der Waals surface area contributed by atoms with Gasteiger partial charge in [0, 0.05) is 99.6 Å². The molecule has 77 heavy (non-hydrogen) atoms. The van der Waals surface area contributed by atoms with Crippen molar-refractivity contribution in [2.24, 2.45) is 4.99 Å². The van der Waals surface area contributed by atoms with Crippen LogP contribution >= 0.6 is 35.0 Å². The number of hydrogen-bond acceptors (Lipinski definition) is 17. The molecule has 0 unspecified atom stereocenters. The fourth-order valence-corrected chi connectivity index (χ4v) is 11.7. The first kappa shape index (κ1) is 61.0. The number of ketones is 1. The minimum absolute atomic E-state index is 0.0773. The van der Waals surface area contributed by atoms with Gasteiger partial charge in [-0.15, -0.1) is 20.3 Å². The van der Waals surface area contributed by atoms with Crippen LogP contribution in [0.2, 0.25) is 49.3 Å². The summed E-state index contributed by atoms with van der Waals surface area (Å²) in [7, 11) is -2.89. The number of aliphatic imine (C=N–C) groups is 1. The van der Waals surface area contributed by atoms with E-state index in [4.69, 9.17) is 53.6 Å². The van der Waals surface area contributed by atoms with Crippen LogP contribution in [0.15, 0.2) is 65.9 Å². The van der Waals surface area contributed by atoms with Gasteiger partial charge in [-0.1, -0.05) is 109 Å². The van der Waals surface area contributed by atoms with E-state index in [0.717, 1.165) is 97.7 Å². The van der Waals surface area contributed by atoms with Crippen molar-refractivity contribution in [3.8, 4) is 6.19 Å². The van der Waals surface area contributed by atoms with Crippen molar-refractivity contribution in [1.29, 1.82) is 5.26 Å². The second kappa shape index (κ2) is 29.1. The number of aromatic amines is 1. The lowest BCUT2D eigenvalue weighted by Crippen LogP contribution is -2.58. The van der Waals surface area contributed by atoms with E-state index < -0.39 is 22.1 Å². The van der Waals surface area contributed by atoms with Gasteiger partial charge in [0.1, 0.15) is 21.9 Å². The van der Waals surface area contributed by atoms with E-state index in [-0.39, 0.29) is 12.2 Å². The fourth-order valence-electron chi connectivity index (χ4n) is 9.15. The standard InChI is InChI=1S/C24H36ClN9OSi.C17H25ClN4OSi.C8H11N3OS.C2H4O2/c1-36(2,3)22-15-33(31-28-22)13-21-14-34(20(16-35-21)12-17-4-6-18(25)7-5-17)19-8-10-32(11-9-19)24-27-23(26)29-30-24;1-24(2,3)17-11-22(21-20-17)10-16-9-19-15(12-23-16)8-13-4-6-14(18)7-5-13;1-13-8(10-6-9)11-4-2-7(12)3-5-11;1-2(3)4/h4-7,15,19-21H,8-14,16H2,1-3H3,(H3,26,27,29,30);4-7,11,15-16,19H,8-10,12H2,1-3H3;2-5H2,1H3;1H3,(H,3,4)/t20-,21-;15-,16+;;/m00../s1. The first-order valence-corrected chi connectivity index (χ1v) is 35.1. The Morgan fingerprint density at radius 3 is 1.86 bits per heavy atom. The van der Waals surface area contributed by atoms with Gasteiger partial charge in [-0.2, -0.15) is 10.2 Å². The zero-order chi connectivity index (χ0) is 55.7. The second-order valence-electron chi connectivity index (χ2n) is 21.7. The highest BCUT2D eigenvalue weighted by molar-refractivity contribution is 8.13. The average molecular weight is 1150 g/mol. The first-order chi connectivity index (χ1) is 36.6. The van der Waals surface area contributed by atoms with Crippen molar-refractivity contribution in [3.63, 3.8) is 0 Å². The smallest absolute Gasteiger partial charge is 0.300 e. The number of nitriles is 1. The molecule has 0 radical (unpaired) electrons. The summed E-state index contributed by atoms with van der Waals surface area (Å²) in [4.78, 5) is 34.8. The summed E-state index contributed by atoms with van der Waals surface area (Å²) < 4.78 is 16.3. The third-order valence-corrected chi connectivity index (χ3v) is 18.1. The van der Waals surface area contributed by atoms with E-state index >= 15 is 0 Å². The number of carbonyl (C=O) groups excluding carboxylic acids is 1. The number of amidine groups is 1. The molecule has 21 nitrogen and oxygen atoms in total. The normalized spacial score (nSPS) is 20.7. The highest BCUT2D eigenvalue weighted by Gasteiger charge is 2.37. The fraction of sp³-hybridized carbons (Fsp3) is 0.569. The Bertz CT molecular complexity index is 2680. The molecule has 26 heteroatoms. The second-order valence-corrected chi connectivity index (χ2v) is 33.3. The Kier molecular flexibility index (Phi) is 23.1. The first-order valence-electron chi connectivity index (χ1n) is 26.1. The number of nitrogens with zero attached hydrogens (tertiary/aromatic N) is 13. The molecule has 0 amide bonds. The van der Waals surface area contributed by atoms with Gasteiger partial charge in [-0.25, -0.2) is 5.10 Å². The number of H-pyrrole nitrogens is 1. The molecule has 5 aromatic rings. The van der Waals surface area contributed by atoms with Gasteiger partial charge in [-0.3, -0.25) is 23.9 Å². The minimum Gasteiger partial charge on any atom is -0.481 e. The molecule has 0 spiro atoms. The molecule has 4 atom stereocenters. The number of piperidine rings is 2. The Hall–Kier alpha value is -5.24. The number of likely N-dealkylation sites (tertiary alicyclic amines) is 1. The number of carboxylic acids is 1. The largest absolute Gasteiger partial charge is 0.481 e. The number of morpholine rings is 2. The molecular formula is C51H76Cl2N16O5SSi2. The van der Waals surface area contributed by atoms with E-state index in [1.807, 2.05) is 44.8 Å². The number of carbonyl (C=O) groups is 2. The van der Waals surface area contributed by atoms with E-state index in [0.29, 0.717) is 75.0 Å². The number of thioether (sulfide) groups is 1. The summed E-state index contributed by atoms with van der Waals surface area (Å²) in [5.74, 6) is 0.512. The van der Waals surface area contributed by atoms with Gasteiger partial charge in [0.2, 0.25) is 18.1 Å². The quantitative estimate of drug-likeness (QED) is 0.0543. The van der Waals surface area contributed by atoms with E-state index in [1.54, 1.807) is 6.19 Å². The molecule has 0 aliphatic carbocycles. The maximum Gasteiger partial charge on any atom is 0.300 e. The van der Waals surface area contributed by atoms with E-state index in [2.05, 4.69) is 132 Å². The molecular weight excluding hydrogens is 1080 g/mol. The predicted octanol–water partition coefficient (Wildman–Crippen LogP) is 5.18. The molecule has 4 fully saturated rings. The van der Waals surface area contributed by atoms with Crippen LogP contribution < -0.4 is 26.6 Å². The number of nitrogens with one attached hydrogen (secondary N) is 2. The lowest BCUT2D eigenvalue weighted by atomic mass is 9.96. The van der Waals surface area contributed by atoms with Crippen LogP contribution in [0.1, 0.15) is 43.7 Å². The maximum absolute atomic E-state index is 10.9. The number of hydrogen-bond donors (Lipinski definition) is 4. The Morgan fingerprint density at radius 2 is 1.39 bits per heavy atom. The molecule has 3 aromatic heterocycles. The SMILES string of the molecule is CC(=O)O.CSC(=NC#N)N1CCC(=O)CC1.C[Si](C)(C)c1cn(C[C@H]2CN(C3CCN(c4n[nH]c(N)n4)CC3)[C@@H](Cc3ccc(Cl)cc3)CO2)nn1.C[Si](C)(C)c1cn(C[C@H]2CN[C@@H](Cc3ccc(Cl)cc3)CO2)nn1. The summed E-state index contributed by atoms with van der Waals surface area (Å²) >= 11 is 13.5. The average Bonchev–Trinajstić information content (AvgIpc) is 4.19. The van der Waals surface area contributed by atoms with Crippen molar-refractivity contribution >= 4 is 90.6 Å². The Labute approximate surface area is 468 Å². The summed E-state index contributed by atoms with van der Waals surface area (Å²) in [6.45, 7) is 22.6. The van der Waals surface area contributed by atoms with Crippen molar-refractivity contribution in [3.05, 3.63) is 82.1 Å². The van der Waals surface area contributed by atoms with Gasteiger partial charge >= 0.3 is 0 Å². The van der Waals surface area contributed by atoms with Crippen LogP contribution in [0.3, 0.4) is 0 Å². The van der Waals surface area contributed by atoms with Gasteiger partial charge in [0.05, 0.1) is 49.1 Å². The van der Waals surface area contributed by atoms with Gasteiger partial charge in [0.25, 0.3) is 5.97 Å². The molecule has 9 rings (SSSR count). The molecule has 7 heterocycles. The Morgan fingerprint density at radius 1 is 0.857 bits per heavy atom. The number of aromatic nitrogens is 9. The number of ether oxygens (including phenoxy) is 2. The van der Waals surface area contributed by atoms with Gasteiger partial charge in [0.15, 0.2) is 5.17 Å². The zero-order valence-electron chi connectivity index (χ0n) is 45.6. The number of nitrogens with two attached hydrogens (primary N) is 1. The lowest BCUT2D eigenvalue weighted by molar-refractivity contribution is -0.134. The summed E-state index contributed by atoms with van der Waals surface area (Å²) in [5.41, 5.74) is 8.29. The number of Topliss-reactive ketones (excluding diaryl/α,β-unsaturated/α-hetero) is 1. The Balaban J connectivity index is 0.000000200. The highest BCUT2D eigenvalue weighted by atomic mass is 35.5. The zero-order valence-corrected chi connectivity index (χ0v) is 49.9. The third kappa shape index (κ3) is 19.9. The number of rotatable bonds is 12. The minimum atomic E-state index is -1.49. The molecule has 4 aliphatic rings. The summed E-state index contributed by atoms with van der Waals surface area (Å²) in [5, 5.41) is 48.4. The number of nitrogen functional groups attached to an aromatic ring is 1. The molecule has 0 bridgehead atoms. The van der Waals surface area contributed by atoms with Crippen molar-refractivity contribution in [1.82, 2.24) is 60.3 Å².